The first kappa shape index (κ1) is 16.8. The number of carbonyl (C=O) groups excluding carboxylic acids is 1. The van der Waals surface area contributed by atoms with Gasteiger partial charge in [0.25, 0.3) is 0 Å². The Bertz CT molecular complexity index is 503. The van der Waals surface area contributed by atoms with Gasteiger partial charge in [-0.15, -0.1) is 0 Å². The van der Waals surface area contributed by atoms with E-state index in [0.717, 1.165) is 6.42 Å². The monoisotopic (exact) mass is 298 g/mol. The Kier molecular flexibility index (Phi) is 6.52. The van der Waals surface area contributed by atoms with Crippen LogP contribution in [0.1, 0.15) is 31.7 Å². The Morgan fingerprint density at radius 1 is 1.24 bits per heavy atom. The molecule has 1 rings (SSSR count). The summed E-state index contributed by atoms with van der Waals surface area (Å²) in [5.74, 6) is -0.996. The molecule has 1 aromatic rings. The van der Waals surface area contributed by atoms with Crippen molar-refractivity contribution in [3.63, 3.8) is 0 Å². The van der Waals surface area contributed by atoms with E-state index < -0.39 is 5.97 Å². The molecule has 0 radical (unpaired) electrons. The number of carbonyl (C=O) groups is 1. The minimum atomic E-state index is -1.29. The lowest BCUT2D eigenvalue weighted by Gasteiger charge is -2.15. The van der Waals surface area contributed by atoms with Crippen LogP contribution in [-0.4, -0.2) is 25.3 Å². The van der Waals surface area contributed by atoms with E-state index in [-0.39, 0.29) is 34.8 Å². The number of methoxy groups -OCH3 is 2. The van der Waals surface area contributed by atoms with Gasteiger partial charge in [-0.3, -0.25) is 0 Å². The number of halogens is 1. The average molecular weight is 298 g/mol. The molecule has 5 nitrogen and oxygen atoms in total. The summed E-state index contributed by atoms with van der Waals surface area (Å²) in [6.45, 7) is 1.93. The van der Waals surface area contributed by atoms with Gasteiger partial charge in [0.2, 0.25) is 0 Å². The quantitative estimate of drug-likeness (QED) is 0.615. The van der Waals surface area contributed by atoms with Gasteiger partial charge >= 0.3 is 5.97 Å². The molecule has 0 unspecified atom stereocenters. The molecule has 0 saturated carbocycles. The van der Waals surface area contributed by atoms with Gasteiger partial charge < -0.3 is 14.6 Å². The second-order valence-corrected chi connectivity index (χ2v) is 4.33. The molecular weight excluding hydrogens is 279 g/mol. The Labute approximate surface area is 122 Å². The highest BCUT2D eigenvalue weighted by Gasteiger charge is 2.26. The molecule has 0 amide bonds. The number of allylic oxidation sites excluding steroid dienone is 1. The second kappa shape index (κ2) is 8.14. The predicted molar refractivity (Wildman–Crippen MR) is 75.8 cm³/mol. The zero-order chi connectivity index (χ0) is 15.8. The molecule has 21 heavy (non-hydrogen) atoms. The van der Waals surface area contributed by atoms with Crippen LogP contribution >= 0.6 is 0 Å². The first-order chi connectivity index (χ1) is 10.1. The van der Waals surface area contributed by atoms with Gasteiger partial charge in [0.05, 0.1) is 19.8 Å². The molecule has 0 heterocycles. The van der Waals surface area contributed by atoms with E-state index in [9.17, 15) is 14.4 Å². The van der Waals surface area contributed by atoms with Crippen molar-refractivity contribution in [3.05, 3.63) is 29.5 Å². The molecule has 0 bridgehead atoms. The maximum Gasteiger partial charge on any atom is 0.383 e. The van der Waals surface area contributed by atoms with E-state index in [1.165, 1.54) is 14.2 Å². The maximum absolute atomic E-state index is 12.4. The number of hydrogen-bond donors (Lipinski definition) is 1. The SMILES string of the molecule is CCCC/C(O)=C(/C(=O)OF)c1c(OC)cccc1OC. The highest BCUT2D eigenvalue weighted by molar-refractivity contribution is 6.18. The molecule has 116 valence electrons. The van der Waals surface area contributed by atoms with Gasteiger partial charge in [0.1, 0.15) is 22.8 Å². The standard InChI is InChI=1S/C15H19FO5/c1-4-5-7-10(17)13(15(18)21-16)14-11(19-2)8-6-9-12(14)20-3/h6,8-9,17H,4-5,7H2,1-3H3/b13-10-. The van der Waals surface area contributed by atoms with Gasteiger partial charge in [0.15, 0.2) is 0 Å². The first-order valence-corrected chi connectivity index (χ1v) is 6.57. The van der Waals surface area contributed by atoms with Crippen LogP contribution in [0.2, 0.25) is 0 Å². The topological polar surface area (TPSA) is 65.0 Å². The lowest BCUT2D eigenvalue weighted by atomic mass is 10.00. The number of ether oxygens (including phenoxy) is 2. The Morgan fingerprint density at radius 2 is 1.81 bits per heavy atom. The van der Waals surface area contributed by atoms with E-state index in [1.807, 2.05) is 6.92 Å². The molecule has 1 aromatic carbocycles. The fourth-order valence-electron chi connectivity index (χ4n) is 1.97. The molecule has 0 aliphatic rings. The molecule has 1 N–H and O–H groups in total. The van der Waals surface area contributed by atoms with Crippen molar-refractivity contribution in [2.24, 2.45) is 0 Å². The number of hydrogen-bond acceptors (Lipinski definition) is 5. The smallest absolute Gasteiger partial charge is 0.383 e. The average Bonchev–Trinajstić information content (AvgIpc) is 2.52. The van der Waals surface area contributed by atoms with Crippen LogP contribution < -0.4 is 9.47 Å². The van der Waals surface area contributed by atoms with Crippen LogP contribution in [0.25, 0.3) is 5.57 Å². The summed E-state index contributed by atoms with van der Waals surface area (Å²) in [5.41, 5.74) is -0.126. The summed E-state index contributed by atoms with van der Waals surface area (Å²) in [6, 6.07) is 4.82. The maximum atomic E-state index is 12.4. The van der Waals surface area contributed by atoms with Crippen LogP contribution in [-0.2, 0) is 9.74 Å². The third kappa shape index (κ3) is 3.87. The number of rotatable bonds is 7. The van der Waals surface area contributed by atoms with Gasteiger partial charge in [-0.2, -0.15) is 0 Å². The summed E-state index contributed by atoms with van der Waals surface area (Å²) in [5, 5.41) is 10.1. The zero-order valence-corrected chi connectivity index (χ0v) is 12.3. The van der Waals surface area contributed by atoms with Crippen molar-refractivity contribution in [2.45, 2.75) is 26.2 Å². The first-order valence-electron chi connectivity index (χ1n) is 6.57. The van der Waals surface area contributed by atoms with Crippen molar-refractivity contribution >= 4 is 11.5 Å². The summed E-state index contributed by atoms with van der Waals surface area (Å²) in [6.07, 6.45) is 1.68. The van der Waals surface area contributed by atoms with E-state index in [0.29, 0.717) is 6.42 Å². The lowest BCUT2D eigenvalue weighted by Crippen LogP contribution is -2.09. The van der Waals surface area contributed by atoms with Crippen LogP contribution in [0.3, 0.4) is 0 Å². The molecular formula is C15H19FO5. The van der Waals surface area contributed by atoms with Gasteiger partial charge in [-0.1, -0.05) is 19.4 Å². The largest absolute Gasteiger partial charge is 0.511 e. The Morgan fingerprint density at radius 3 is 2.24 bits per heavy atom. The lowest BCUT2D eigenvalue weighted by molar-refractivity contribution is -0.175. The Hall–Kier alpha value is -2.24. The van der Waals surface area contributed by atoms with Crippen LogP contribution in [0.4, 0.5) is 4.53 Å². The van der Waals surface area contributed by atoms with Crippen molar-refractivity contribution < 1.29 is 28.8 Å². The minimum Gasteiger partial charge on any atom is -0.511 e. The number of aliphatic hydroxyl groups excluding tert-OH is 1. The van der Waals surface area contributed by atoms with E-state index in [2.05, 4.69) is 4.94 Å². The number of benzene rings is 1. The van der Waals surface area contributed by atoms with Gasteiger partial charge in [-0.25, -0.2) is 9.74 Å². The fourth-order valence-corrected chi connectivity index (χ4v) is 1.97. The third-order valence-electron chi connectivity index (χ3n) is 3.01. The van der Waals surface area contributed by atoms with Crippen molar-refractivity contribution in [1.82, 2.24) is 0 Å². The zero-order valence-electron chi connectivity index (χ0n) is 12.3. The second-order valence-electron chi connectivity index (χ2n) is 4.33. The number of aliphatic hydroxyl groups is 1. The van der Waals surface area contributed by atoms with Crippen molar-refractivity contribution in [2.75, 3.05) is 14.2 Å². The summed E-state index contributed by atoms with van der Waals surface area (Å²) in [7, 11) is 2.81. The predicted octanol–water partition coefficient (Wildman–Crippen LogP) is 3.59. The van der Waals surface area contributed by atoms with E-state index in [4.69, 9.17) is 9.47 Å². The molecule has 0 aliphatic carbocycles. The molecule has 6 heteroatoms. The normalized spacial score (nSPS) is 11.6. The van der Waals surface area contributed by atoms with Crippen LogP contribution in [0.5, 0.6) is 11.5 Å². The molecule has 0 atom stereocenters. The number of unbranched alkanes of at least 4 members (excludes halogenated alkanes) is 1. The highest BCUT2D eigenvalue weighted by Crippen LogP contribution is 2.37. The van der Waals surface area contributed by atoms with Crippen molar-refractivity contribution in [1.29, 1.82) is 0 Å². The molecule has 0 spiro atoms. The minimum absolute atomic E-state index is 0.166. The molecule has 0 aliphatic heterocycles. The summed E-state index contributed by atoms with van der Waals surface area (Å²) < 4.78 is 22.7. The third-order valence-corrected chi connectivity index (χ3v) is 3.01. The summed E-state index contributed by atoms with van der Waals surface area (Å²) in [4.78, 5) is 15.0. The molecule has 0 fully saturated rings. The van der Waals surface area contributed by atoms with Gasteiger partial charge in [-0.05, 0) is 18.6 Å². The molecule has 0 aromatic heterocycles. The van der Waals surface area contributed by atoms with E-state index in [1.54, 1.807) is 18.2 Å². The summed E-state index contributed by atoms with van der Waals surface area (Å²) >= 11 is 0. The van der Waals surface area contributed by atoms with E-state index >= 15 is 0 Å². The van der Waals surface area contributed by atoms with Crippen LogP contribution in [0.15, 0.2) is 24.0 Å². The van der Waals surface area contributed by atoms with Crippen molar-refractivity contribution in [3.8, 4) is 11.5 Å². The van der Waals surface area contributed by atoms with Gasteiger partial charge in [0, 0.05) is 10.9 Å². The molecule has 0 saturated heterocycles. The van der Waals surface area contributed by atoms with Crippen LogP contribution in [0, 0.1) is 0 Å². The fraction of sp³-hybridized carbons (Fsp3) is 0.400. The Balaban J connectivity index is 3.49. The highest BCUT2D eigenvalue weighted by atomic mass is 19.3.